The van der Waals surface area contributed by atoms with E-state index in [1.54, 1.807) is 0 Å². The van der Waals surface area contributed by atoms with Crippen LogP contribution in [0.5, 0.6) is 0 Å². The molecule has 110 valence electrons. The summed E-state index contributed by atoms with van der Waals surface area (Å²) < 4.78 is 6.81. The largest absolute Gasteiger partial charge is 0.456 e. The minimum Gasteiger partial charge on any atom is -0.456 e. The number of esters is 1. The van der Waals surface area contributed by atoms with Gasteiger partial charge < -0.3 is 4.74 Å². The van der Waals surface area contributed by atoms with Gasteiger partial charge in [-0.2, -0.15) is 5.10 Å². The van der Waals surface area contributed by atoms with Gasteiger partial charge in [-0.1, -0.05) is 60.1 Å². The van der Waals surface area contributed by atoms with Gasteiger partial charge >= 0.3 is 5.97 Å². The van der Waals surface area contributed by atoms with Gasteiger partial charge in [0.25, 0.3) is 0 Å². The molecule has 4 nitrogen and oxygen atoms in total. The lowest BCUT2D eigenvalue weighted by Gasteiger charge is -2.07. The highest BCUT2D eigenvalue weighted by Gasteiger charge is 2.17. The first-order valence-electron chi connectivity index (χ1n) is 6.76. The topological polar surface area (TPSA) is 44.1 Å². The lowest BCUT2D eigenvalue weighted by atomic mass is 10.2. The number of ether oxygens (including phenoxy) is 1. The molecule has 1 aromatic heterocycles. The Bertz CT molecular complexity index is 770. The van der Waals surface area contributed by atoms with Crippen LogP contribution in [0.3, 0.4) is 0 Å². The molecule has 3 aromatic rings. The smallest absolute Gasteiger partial charge is 0.357 e. The number of rotatable bonds is 4. The van der Waals surface area contributed by atoms with Gasteiger partial charge in [0, 0.05) is 6.07 Å². The lowest BCUT2D eigenvalue weighted by molar-refractivity contribution is 0.0462. The van der Waals surface area contributed by atoms with Crippen molar-refractivity contribution in [3.63, 3.8) is 0 Å². The number of aromatic nitrogens is 2. The monoisotopic (exact) mass is 312 g/mol. The number of carbonyl (C=O) groups is 1. The third-order valence-electron chi connectivity index (χ3n) is 3.10. The van der Waals surface area contributed by atoms with Crippen LogP contribution in [-0.2, 0) is 11.3 Å². The van der Waals surface area contributed by atoms with Crippen LogP contribution in [0.4, 0.5) is 0 Å². The molecule has 0 aliphatic carbocycles. The van der Waals surface area contributed by atoms with Crippen molar-refractivity contribution in [2.45, 2.75) is 6.61 Å². The van der Waals surface area contributed by atoms with E-state index < -0.39 is 5.97 Å². The summed E-state index contributed by atoms with van der Waals surface area (Å²) in [5.74, 6) is -0.466. The van der Waals surface area contributed by atoms with Crippen LogP contribution in [0.2, 0.25) is 5.15 Å². The molecule has 2 aromatic carbocycles. The molecule has 5 heteroatoms. The molecule has 0 spiro atoms. The molecule has 3 rings (SSSR count). The van der Waals surface area contributed by atoms with Crippen LogP contribution >= 0.6 is 11.6 Å². The number of carbonyl (C=O) groups excluding carboxylic acids is 1. The van der Waals surface area contributed by atoms with Gasteiger partial charge in [0.15, 0.2) is 10.8 Å². The molecule has 0 bridgehead atoms. The van der Waals surface area contributed by atoms with Gasteiger partial charge in [-0.25, -0.2) is 9.48 Å². The summed E-state index contributed by atoms with van der Waals surface area (Å²) in [5, 5.41) is 4.38. The normalized spacial score (nSPS) is 10.4. The number of para-hydroxylation sites is 1. The summed E-state index contributed by atoms with van der Waals surface area (Å²) in [5.41, 5.74) is 1.97. The van der Waals surface area contributed by atoms with E-state index in [9.17, 15) is 4.79 Å². The molecule has 0 N–H and O–H groups in total. The zero-order chi connectivity index (χ0) is 15.4. The first kappa shape index (κ1) is 14.4. The SMILES string of the molecule is O=C(OCc1ccccc1)c1cc(Cl)nn1-c1ccccc1. The molecule has 22 heavy (non-hydrogen) atoms. The van der Waals surface area contributed by atoms with Crippen LogP contribution in [0.25, 0.3) is 5.69 Å². The van der Waals surface area contributed by atoms with Gasteiger partial charge in [0.05, 0.1) is 5.69 Å². The van der Waals surface area contributed by atoms with Crippen LogP contribution in [-0.4, -0.2) is 15.7 Å². The van der Waals surface area contributed by atoms with Crippen molar-refractivity contribution in [2.75, 3.05) is 0 Å². The Morgan fingerprint density at radius 2 is 1.68 bits per heavy atom. The first-order chi connectivity index (χ1) is 10.7. The maximum atomic E-state index is 12.3. The summed E-state index contributed by atoms with van der Waals surface area (Å²) in [6.45, 7) is 0.206. The third-order valence-corrected chi connectivity index (χ3v) is 3.29. The molecule has 0 unspecified atom stereocenters. The Kier molecular flexibility index (Phi) is 4.21. The predicted molar refractivity (Wildman–Crippen MR) is 84.1 cm³/mol. The summed E-state index contributed by atoms with van der Waals surface area (Å²) in [6.07, 6.45) is 0. The van der Waals surface area contributed by atoms with Gasteiger partial charge in [-0.05, 0) is 17.7 Å². The molecular formula is C17H13ClN2O2. The van der Waals surface area contributed by atoms with Crippen molar-refractivity contribution in [1.29, 1.82) is 0 Å². The summed E-state index contributed by atoms with van der Waals surface area (Å²) in [7, 11) is 0. The van der Waals surface area contributed by atoms with E-state index in [1.807, 2.05) is 60.7 Å². The fourth-order valence-electron chi connectivity index (χ4n) is 2.06. The quantitative estimate of drug-likeness (QED) is 0.687. The van der Waals surface area contributed by atoms with Crippen LogP contribution in [0, 0.1) is 0 Å². The molecule has 0 fully saturated rings. The number of hydrogen-bond donors (Lipinski definition) is 0. The minimum atomic E-state index is -0.466. The van der Waals surface area contributed by atoms with Gasteiger partial charge in [-0.3, -0.25) is 0 Å². The third kappa shape index (κ3) is 3.18. The van der Waals surface area contributed by atoms with E-state index in [-0.39, 0.29) is 11.8 Å². The second-order valence-electron chi connectivity index (χ2n) is 4.66. The summed E-state index contributed by atoms with van der Waals surface area (Å²) in [6, 6.07) is 20.3. The van der Waals surface area contributed by atoms with Crippen LogP contribution in [0.15, 0.2) is 66.7 Å². The molecule has 0 atom stereocenters. The predicted octanol–water partition coefficient (Wildman–Crippen LogP) is 3.88. The van der Waals surface area contributed by atoms with Crippen molar-refractivity contribution in [2.24, 2.45) is 0 Å². The highest BCUT2D eigenvalue weighted by atomic mass is 35.5. The van der Waals surface area contributed by atoms with Crippen LogP contribution < -0.4 is 0 Å². The molecule has 0 radical (unpaired) electrons. The Balaban J connectivity index is 1.81. The molecule has 1 heterocycles. The Morgan fingerprint density at radius 1 is 1.05 bits per heavy atom. The Labute approximate surface area is 132 Å². The molecule has 0 saturated heterocycles. The molecule has 0 amide bonds. The van der Waals surface area contributed by atoms with Crippen molar-refractivity contribution in [3.05, 3.63) is 83.1 Å². The molecule has 0 aliphatic rings. The van der Waals surface area contributed by atoms with E-state index >= 15 is 0 Å². The number of halogens is 1. The number of nitrogens with zero attached hydrogens (tertiary/aromatic N) is 2. The van der Waals surface area contributed by atoms with Gasteiger partial charge in [0.1, 0.15) is 6.61 Å². The Morgan fingerprint density at radius 3 is 2.36 bits per heavy atom. The van der Waals surface area contributed by atoms with Crippen molar-refractivity contribution < 1.29 is 9.53 Å². The zero-order valence-corrected chi connectivity index (χ0v) is 12.4. The van der Waals surface area contributed by atoms with E-state index in [4.69, 9.17) is 16.3 Å². The lowest BCUT2D eigenvalue weighted by Crippen LogP contribution is -2.12. The van der Waals surface area contributed by atoms with E-state index in [1.165, 1.54) is 10.7 Å². The minimum absolute atomic E-state index is 0.206. The first-order valence-corrected chi connectivity index (χ1v) is 7.14. The van der Waals surface area contributed by atoms with Crippen molar-refractivity contribution in [1.82, 2.24) is 9.78 Å². The maximum absolute atomic E-state index is 12.3. The average Bonchev–Trinajstić information content (AvgIpc) is 2.96. The fourth-order valence-corrected chi connectivity index (χ4v) is 2.24. The van der Waals surface area contributed by atoms with Crippen molar-refractivity contribution in [3.8, 4) is 5.69 Å². The average molecular weight is 313 g/mol. The molecular weight excluding hydrogens is 300 g/mol. The van der Waals surface area contributed by atoms with E-state index in [2.05, 4.69) is 5.10 Å². The second kappa shape index (κ2) is 6.45. The number of benzene rings is 2. The molecule has 0 aliphatic heterocycles. The summed E-state index contributed by atoms with van der Waals surface area (Å²) in [4.78, 5) is 12.3. The van der Waals surface area contributed by atoms with Crippen LogP contribution in [0.1, 0.15) is 16.1 Å². The summed E-state index contributed by atoms with van der Waals surface area (Å²) >= 11 is 5.94. The highest BCUT2D eigenvalue weighted by molar-refractivity contribution is 6.29. The molecule has 0 saturated carbocycles. The maximum Gasteiger partial charge on any atom is 0.357 e. The van der Waals surface area contributed by atoms with E-state index in [0.717, 1.165) is 11.3 Å². The number of hydrogen-bond acceptors (Lipinski definition) is 3. The highest BCUT2D eigenvalue weighted by Crippen LogP contribution is 2.17. The second-order valence-corrected chi connectivity index (χ2v) is 5.05. The van der Waals surface area contributed by atoms with Gasteiger partial charge in [-0.15, -0.1) is 0 Å². The van der Waals surface area contributed by atoms with E-state index in [0.29, 0.717) is 5.69 Å². The zero-order valence-electron chi connectivity index (χ0n) is 11.6. The van der Waals surface area contributed by atoms with Gasteiger partial charge in [0.2, 0.25) is 0 Å². The van der Waals surface area contributed by atoms with Crippen molar-refractivity contribution >= 4 is 17.6 Å². The fraction of sp³-hybridized carbons (Fsp3) is 0.0588. The Hall–Kier alpha value is -2.59. The standard InChI is InChI=1S/C17H13ClN2O2/c18-16-11-15(20(19-16)14-9-5-2-6-10-14)17(21)22-12-13-7-3-1-4-8-13/h1-11H,12H2.